The van der Waals surface area contributed by atoms with Gasteiger partial charge in [-0.2, -0.15) is 0 Å². The summed E-state index contributed by atoms with van der Waals surface area (Å²) in [4.78, 5) is 0. The van der Waals surface area contributed by atoms with Gasteiger partial charge >= 0.3 is 0 Å². The number of hydrogen-bond acceptors (Lipinski definition) is 1. The fourth-order valence-corrected chi connectivity index (χ4v) is 1.56. The predicted octanol–water partition coefficient (Wildman–Crippen LogP) is 3.54. The number of rotatable bonds is 2. The molecule has 12 heavy (non-hydrogen) atoms. The third kappa shape index (κ3) is 2.24. The normalized spacial score (nSPS) is 10.4. The van der Waals surface area contributed by atoms with Gasteiger partial charge in [-0.3, -0.25) is 0 Å². The lowest BCUT2D eigenvalue weighted by molar-refractivity contribution is 0.239. The highest BCUT2D eigenvalue weighted by molar-refractivity contribution is 9.10. The fraction of sp³-hybridized carbons (Fsp3) is 0.400. The van der Waals surface area contributed by atoms with E-state index in [1.54, 1.807) is 0 Å². The molecule has 0 aliphatic rings. The Morgan fingerprint density at radius 1 is 1.33 bits per heavy atom. The van der Waals surface area contributed by atoms with Gasteiger partial charge in [-0.15, -0.1) is 0 Å². The van der Waals surface area contributed by atoms with Crippen LogP contribution in [0, 0.1) is 6.92 Å². The molecule has 0 bridgehead atoms. The molecular formula is C10H13BrO. The molecule has 66 valence electrons. The molecule has 2 heteroatoms. The van der Waals surface area contributed by atoms with Crippen molar-refractivity contribution in [2.45, 2.75) is 26.9 Å². The summed E-state index contributed by atoms with van der Waals surface area (Å²) in [6.45, 7) is 6.10. The van der Waals surface area contributed by atoms with Crippen molar-refractivity contribution in [1.82, 2.24) is 0 Å². The molecule has 0 N–H and O–H groups in total. The zero-order valence-electron chi connectivity index (χ0n) is 7.60. The Balaban J connectivity index is 2.96. The van der Waals surface area contributed by atoms with Crippen LogP contribution in [0.5, 0.6) is 5.75 Å². The molecule has 0 saturated heterocycles. The van der Waals surface area contributed by atoms with Crippen LogP contribution in [0.1, 0.15) is 19.4 Å². The van der Waals surface area contributed by atoms with Crippen molar-refractivity contribution in [1.29, 1.82) is 0 Å². The van der Waals surface area contributed by atoms with Gasteiger partial charge in [0.05, 0.1) is 10.6 Å². The van der Waals surface area contributed by atoms with Gasteiger partial charge in [0, 0.05) is 0 Å². The van der Waals surface area contributed by atoms with E-state index in [0.29, 0.717) is 0 Å². The summed E-state index contributed by atoms with van der Waals surface area (Å²) in [5.74, 6) is 0.951. The van der Waals surface area contributed by atoms with Crippen molar-refractivity contribution in [3.8, 4) is 5.75 Å². The summed E-state index contributed by atoms with van der Waals surface area (Å²) in [5.41, 5.74) is 1.16. The van der Waals surface area contributed by atoms with Crippen LogP contribution in [0.2, 0.25) is 0 Å². The van der Waals surface area contributed by atoms with E-state index in [1.807, 2.05) is 39.0 Å². The molecule has 1 aromatic rings. The number of hydrogen-bond donors (Lipinski definition) is 0. The minimum atomic E-state index is 0.224. The number of benzene rings is 1. The molecule has 0 atom stereocenters. The molecule has 0 saturated carbocycles. The monoisotopic (exact) mass is 228 g/mol. The SMILES string of the molecule is Cc1cccc(Br)c1OC(C)C. The van der Waals surface area contributed by atoms with Crippen molar-refractivity contribution >= 4 is 15.9 Å². The molecule has 0 spiro atoms. The molecule has 0 aliphatic carbocycles. The molecule has 0 unspecified atom stereocenters. The second-order valence-electron chi connectivity index (χ2n) is 3.05. The second-order valence-corrected chi connectivity index (χ2v) is 3.91. The average Bonchev–Trinajstić information content (AvgIpc) is 1.97. The topological polar surface area (TPSA) is 9.23 Å². The Morgan fingerprint density at radius 2 is 2.00 bits per heavy atom. The molecule has 1 aromatic carbocycles. The van der Waals surface area contributed by atoms with E-state index in [0.717, 1.165) is 15.8 Å². The van der Waals surface area contributed by atoms with E-state index < -0.39 is 0 Å². The van der Waals surface area contributed by atoms with Gasteiger partial charge < -0.3 is 4.74 Å². The summed E-state index contributed by atoms with van der Waals surface area (Å²) < 4.78 is 6.65. The molecule has 0 radical (unpaired) electrons. The van der Waals surface area contributed by atoms with Crippen molar-refractivity contribution < 1.29 is 4.74 Å². The Hall–Kier alpha value is -0.500. The highest BCUT2D eigenvalue weighted by atomic mass is 79.9. The first-order valence-corrected chi connectivity index (χ1v) is 4.82. The van der Waals surface area contributed by atoms with Crippen LogP contribution in [-0.2, 0) is 0 Å². The lowest BCUT2D eigenvalue weighted by Crippen LogP contribution is -2.06. The highest BCUT2D eigenvalue weighted by Crippen LogP contribution is 2.28. The maximum Gasteiger partial charge on any atom is 0.136 e. The van der Waals surface area contributed by atoms with Crippen LogP contribution < -0.4 is 4.74 Å². The van der Waals surface area contributed by atoms with E-state index in [1.165, 1.54) is 0 Å². The largest absolute Gasteiger partial charge is 0.490 e. The van der Waals surface area contributed by atoms with Gasteiger partial charge in [-0.25, -0.2) is 0 Å². The zero-order valence-corrected chi connectivity index (χ0v) is 9.18. The quantitative estimate of drug-likeness (QED) is 0.753. The first-order chi connectivity index (χ1) is 5.61. The van der Waals surface area contributed by atoms with Crippen molar-refractivity contribution in [2.75, 3.05) is 0 Å². The van der Waals surface area contributed by atoms with Gasteiger partial charge in [-0.1, -0.05) is 12.1 Å². The van der Waals surface area contributed by atoms with Crippen LogP contribution >= 0.6 is 15.9 Å². The Labute approximate surface area is 81.9 Å². The minimum absolute atomic E-state index is 0.224. The standard InChI is InChI=1S/C10H13BrO/c1-7(2)12-10-8(3)5-4-6-9(10)11/h4-7H,1-3H3. The molecule has 0 aliphatic heterocycles. The van der Waals surface area contributed by atoms with E-state index >= 15 is 0 Å². The molecular weight excluding hydrogens is 216 g/mol. The van der Waals surface area contributed by atoms with Gasteiger partial charge in [0.25, 0.3) is 0 Å². The van der Waals surface area contributed by atoms with Crippen LogP contribution in [0.3, 0.4) is 0 Å². The predicted molar refractivity (Wildman–Crippen MR) is 54.6 cm³/mol. The van der Waals surface area contributed by atoms with E-state index in [-0.39, 0.29) is 6.10 Å². The summed E-state index contributed by atoms with van der Waals surface area (Å²) >= 11 is 3.45. The number of aryl methyl sites for hydroxylation is 1. The molecule has 1 rings (SSSR count). The third-order valence-electron chi connectivity index (χ3n) is 1.52. The first-order valence-electron chi connectivity index (χ1n) is 4.03. The molecule has 0 amide bonds. The lowest BCUT2D eigenvalue weighted by atomic mass is 10.2. The molecule has 1 nitrogen and oxygen atoms in total. The number of halogens is 1. The summed E-state index contributed by atoms with van der Waals surface area (Å²) in [7, 11) is 0. The minimum Gasteiger partial charge on any atom is -0.490 e. The molecule has 0 fully saturated rings. The van der Waals surface area contributed by atoms with Crippen LogP contribution in [0.15, 0.2) is 22.7 Å². The smallest absolute Gasteiger partial charge is 0.136 e. The van der Waals surface area contributed by atoms with Crippen molar-refractivity contribution in [2.24, 2.45) is 0 Å². The average molecular weight is 229 g/mol. The van der Waals surface area contributed by atoms with Crippen LogP contribution in [0.25, 0.3) is 0 Å². The number of ether oxygens (including phenoxy) is 1. The van der Waals surface area contributed by atoms with Gasteiger partial charge in [0.15, 0.2) is 0 Å². The fourth-order valence-electron chi connectivity index (χ4n) is 1.00. The Kier molecular flexibility index (Phi) is 3.15. The summed E-state index contributed by atoms with van der Waals surface area (Å²) in [6, 6.07) is 6.04. The van der Waals surface area contributed by atoms with Crippen LogP contribution in [-0.4, -0.2) is 6.10 Å². The maximum atomic E-state index is 5.63. The first kappa shape index (κ1) is 9.59. The maximum absolute atomic E-state index is 5.63. The van der Waals surface area contributed by atoms with Crippen LogP contribution in [0.4, 0.5) is 0 Å². The third-order valence-corrected chi connectivity index (χ3v) is 2.14. The summed E-state index contributed by atoms with van der Waals surface area (Å²) in [5, 5.41) is 0. The van der Waals surface area contributed by atoms with E-state index in [9.17, 15) is 0 Å². The van der Waals surface area contributed by atoms with Gasteiger partial charge in [0.1, 0.15) is 5.75 Å². The lowest BCUT2D eigenvalue weighted by Gasteiger charge is -2.13. The highest BCUT2D eigenvalue weighted by Gasteiger charge is 2.05. The molecule has 0 aromatic heterocycles. The number of para-hydroxylation sites is 1. The Bertz CT molecular complexity index is 248. The van der Waals surface area contributed by atoms with Gasteiger partial charge in [-0.05, 0) is 48.3 Å². The van der Waals surface area contributed by atoms with Gasteiger partial charge in [0.2, 0.25) is 0 Å². The second kappa shape index (κ2) is 3.94. The van der Waals surface area contributed by atoms with E-state index in [2.05, 4.69) is 15.9 Å². The van der Waals surface area contributed by atoms with Crippen molar-refractivity contribution in [3.63, 3.8) is 0 Å². The molecule has 0 heterocycles. The van der Waals surface area contributed by atoms with E-state index in [4.69, 9.17) is 4.74 Å². The Morgan fingerprint density at radius 3 is 2.50 bits per heavy atom. The van der Waals surface area contributed by atoms with Crippen molar-refractivity contribution in [3.05, 3.63) is 28.2 Å². The summed E-state index contributed by atoms with van der Waals surface area (Å²) in [6.07, 6.45) is 0.224. The zero-order chi connectivity index (χ0) is 9.14.